The van der Waals surface area contributed by atoms with E-state index in [1.807, 2.05) is 0 Å². The van der Waals surface area contributed by atoms with Crippen molar-refractivity contribution >= 4 is 17.5 Å². The summed E-state index contributed by atoms with van der Waals surface area (Å²) in [6.07, 6.45) is 0. The first-order valence-electron chi connectivity index (χ1n) is 9.32. The van der Waals surface area contributed by atoms with E-state index in [1.165, 1.54) is 17.0 Å². The maximum atomic E-state index is 13.7. The predicted octanol–water partition coefficient (Wildman–Crippen LogP) is 2.82. The van der Waals surface area contributed by atoms with E-state index in [9.17, 15) is 18.4 Å². The van der Waals surface area contributed by atoms with E-state index >= 15 is 0 Å². The molecule has 0 bridgehead atoms. The summed E-state index contributed by atoms with van der Waals surface area (Å²) in [5.74, 6) is -1.71. The lowest BCUT2D eigenvalue weighted by atomic mass is 10.2. The van der Waals surface area contributed by atoms with Gasteiger partial charge in [0.15, 0.2) is 0 Å². The van der Waals surface area contributed by atoms with Crippen LogP contribution in [-0.4, -0.2) is 43.6 Å². The van der Waals surface area contributed by atoms with E-state index in [2.05, 4.69) is 22.2 Å². The Bertz CT molecular complexity index is 1040. The molecular formula is C21H21F2N5O3. The molecule has 0 unspecified atom stereocenters. The van der Waals surface area contributed by atoms with Crippen LogP contribution in [0.1, 0.15) is 5.56 Å². The van der Waals surface area contributed by atoms with Crippen molar-refractivity contribution in [1.82, 2.24) is 10.3 Å². The summed E-state index contributed by atoms with van der Waals surface area (Å²) < 4.78 is 32.6. The van der Waals surface area contributed by atoms with Crippen molar-refractivity contribution in [2.45, 2.75) is 12.6 Å². The van der Waals surface area contributed by atoms with Gasteiger partial charge in [0.25, 0.3) is 11.8 Å². The Morgan fingerprint density at radius 1 is 1.32 bits per heavy atom. The number of hydrogen-bond acceptors (Lipinski definition) is 5. The molecule has 31 heavy (non-hydrogen) atoms. The first-order valence-corrected chi connectivity index (χ1v) is 9.32. The summed E-state index contributed by atoms with van der Waals surface area (Å²) >= 11 is 0. The fourth-order valence-electron chi connectivity index (χ4n) is 2.92. The Labute approximate surface area is 177 Å². The third-order valence-corrected chi connectivity index (χ3v) is 4.55. The number of carbonyl (C=O) groups is 2. The quantitative estimate of drug-likeness (QED) is 0.435. The van der Waals surface area contributed by atoms with Gasteiger partial charge >= 0.3 is 0 Å². The number of ether oxygens (including phenoxy) is 1. The highest BCUT2D eigenvalue weighted by Gasteiger charge is 2.30. The second-order valence-electron chi connectivity index (χ2n) is 6.89. The van der Waals surface area contributed by atoms with Crippen molar-refractivity contribution in [1.29, 1.82) is 0 Å². The van der Waals surface area contributed by atoms with Crippen LogP contribution in [0.15, 0.2) is 65.1 Å². The van der Waals surface area contributed by atoms with Gasteiger partial charge < -0.3 is 15.0 Å². The molecule has 0 radical (unpaired) electrons. The SMILES string of the molecule is C=C(/N=N\N(C)Cc1cc(F)ccc1F)C(=O)N[C@H]1COc2ccccc2N(C)C1=O. The van der Waals surface area contributed by atoms with Crippen molar-refractivity contribution in [2.24, 2.45) is 10.3 Å². The zero-order valence-corrected chi connectivity index (χ0v) is 17.0. The molecule has 3 rings (SSSR count). The highest BCUT2D eigenvalue weighted by atomic mass is 19.1. The molecule has 0 saturated heterocycles. The Morgan fingerprint density at radius 3 is 2.84 bits per heavy atom. The minimum Gasteiger partial charge on any atom is -0.489 e. The summed E-state index contributed by atoms with van der Waals surface area (Å²) in [4.78, 5) is 26.5. The van der Waals surface area contributed by atoms with Crippen LogP contribution in [-0.2, 0) is 16.1 Å². The number of anilines is 1. The van der Waals surface area contributed by atoms with Gasteiger partial charge in [0.1, 0.15) is 35.7 Å². The lowest BCUT2D eigenvalue weighted by Gasteiger charge is -2.20. The molecule has 0 saturated carbocycles. The molecular weight excluding hydrogens is 408 g/mol. The first-order chi connectivity index (χ1) is 14.8. The molecule has 162 valence electrons. The molecule has 0 spiro atoms. The van der Waals surface area contributed by atoms with Crippen molar-refractivity contribution in [3.63, 3.8) is 0 Å². The minimum atomic E-state index is -0.948. The molecule has 0 aromatic heterocycles. The fraction of sp³-hybridized carbons (Fsp3) is 0.238. The molecule has 0 fully saturated rings. The van der Waals surface area contributed by atoms with Crippen LogP contribution in [0.5, 0.6) is 5.75 Å². The third kappa shape index (κ3) is 5.21. The molecule has 8 nitrogen and oxygen atoms in total. The van der Waals surface area contributed by atoms with Crippen LogP contribution >= 0.6 is 0 Å². The molecule has 1 aliphatic heterocycles. The Morgan fingerprint density at radius 2 is 2.06 bits per heavy atom. The van der Waals surface area contributed by atoms with Crippen molar-refractivity contribution in [3.05, 3.63) is 71.9 Å². The van der Waals surface area contributed by atoms with E-state index in [0.29, 0.717) is 11.4 Å². The van der Waals surface area contributed by atoms with Gasteiger partial charge in [0.05, 0.1) is 12.2 Å². The van der Waals surface area contributed by atoms with Crippen molar-refractivity contribution in [2.75, 3.05) is 25.6 Å². The topological polar surface area (TPSA) is 86.6 Å². The van der Waals surface area contributed by atoms with Gasteiger partial charge in [-0.2, -0.15) is 0 Å². The van der Waals surface area contributed by atoms with Crippen LogP contribution in [0.3, 0.4) is 0 Å². The first kappa shape index (κ1) is 21.9. The Hall–Kier alpha value is -3.82. The predicted molar refractivity (Wildman–Crippen MR) is 109 cm³/mol. The molecule has 1 atom stereocenters. The van der Waals surface area contributed by atoms with E-state index < -0.39 is 23.6 Å². The molecule has 2 aromatic carbocycles. The second-order valence-corrected chi connectivity index (χ2v) is 6.89. The van der Waals surface area contributed by atoms with E-state index in [1.54, 1.807) is 31.3 Å². The highest BCUT2D eigenvalue weighted by Crippen LogP contribution is 2.29. The fourth-order valence-corrected chi connectivity index (χ4v) is 2.92. The van der Waals surface area contributed by atoms with Gasteiger partial charge in [-0.3, -0.25) is 14.6 Å². The van der Waals surface area contributed by atoms with Gasteiger partial charge in [-0.15, -0.1) is 5.11 Å². The summed E-state index contributed by atoms with van der Waals surface area (Å²) in [5.41, 5.74) is 0.415. The van der Waals surface area contributed by atoms with Gasteiger partial charge in [-0.25, -0.2) is 8.78 Å². The Kier molecular flexibility index (Phi) is 6.58. The molecule has 10 heteroatoms. The van der Waals surface area contributed by atoms with Crippen LogP contribution in [0.2, 0.25) is 0 Å². The largest absolute Gasteiger partial charge is 0.489 e. The normalized spacial score (nSPS) is 15.8. The molecule has 1 aliphatic rings. The zero-order chi connectivity index (χ0) is 22.5. The van der Waals surface area contributed by atoms with Crippen molar-refractivity contribution < 1.29 is 23.1 Å². The standard InChI is InChI=1S/C21H21F2N5O3/c1-13(25-26-27(2)11-14-10-15(22)8-9-16(14)23)20(29)24-17-12-31-19-7-5-4-6-18(19)28(3)21(17)30/h4-10,17H,1,11-12H2,2-3H3,(H,24,29)/b26-25-/t17-/m0/s1. The minimum absolute atomic E-state index is 0.0604. The van der Waals surface area contributed by atoms with Crippen LogP contribution in [0.4, 0.5) is 14.5 Å². The molecule has 1 N–H and O–H groups in total. The lowest BCUT2D eigenvalue weighted by molar-refractivity contribution is -0.126. The number of nitrogens with zero attached hydrogens (tertiary/aromatic N) is 4. The molecule has 0 aliphatic carbocycles. The number of amides is 2. The number of benzene rings is 2. The number of likely N-dealkylation sites (N-methyl/N-ethyl adjacent to an activating group) is 1. The summed E-state index contributed by atoms with van der Waals surface area (Å²) in [7, 11) is 3.07. The van der Waals surface area contributed by atoms with E-state index in [-0.39, 0.29) is 30.3 Å². The van der Waals surface area contributed by atoms with Crippen LogP contribution in [0.25, 0.3) is 0 Å². The maximum absolute atomic E-state index is 13.7. The smallest absolute Gasteiger partial charge is 0.271 e. The number of hydrogen-bond donors (Lipinski definition) is 1. The Balaban J connectivity index is 1.59. The monoisotopic (exact) mass is 429 g/mol. The molecule has 2 aromatic rings. The number of para-hydroxylation sites is 2. The average Bonchev–Trinajstić information content (AvgIpc) is 2.87. The van der Waals surface area contributed by atoms with E-state index in [0.717, 1.165) is 18.2 Å². The van der Waals surface area contributed by atoms with Gasteiger partial charge in [0, 0.05) is 19.7 Å². The lowest BCUT2D eigenvalue weighted by Crippen LogP contribution is -2.49. The summed E-state index contributed by atoms with van der Waals surface area (Å²) in [6.45, 7) is 3.41. The maximum Gasteiger partial charge on any atom is 0.271 e. The zero-order valence-electron chi connectivity index (χ0n) is 17.0. The van der Waals surface area contributed by atoms with Gasteiger partial charge in [-0.1, -0.05) is 23.9 Å². The molecule has 1 heterocycles. The number of nitrogens with one attached hydrogen (secondary N) is 1. The van der Waals surface area contributed by atoms with E-state index in [4.69, 9.17) is 4.74 Å². The van der Waals surface area contributed by atoms with Crippen LogP contribution < -0.4 is 15.0 Å². The number of fused-ring (bicyclic) bond motifs is 1. The number of halogens is 2. The number of rotatable bonds is 6. The third-order valence-electron chi connectivity index (χ3n) is 4.55. The van der Waals surface area contributed by atoms with Crippen molar-refractivity contribution in [3.8, 4) is 5.75 Å². The van der Waals surface area contributed by atoms with Gasteiger partial charge in [0.2, 0.25) is 0 Å². The highest BCUT2D eigenvalue weighted by molar-refractivity contribution is 6.02. The average molecular weight is 429 g/mol. The van der Waals surface area contributed by atoms with Gasteiger partial charge in [-0.05, 0) is 30.3 Å². The number of carbonyl (C=O) groups excluding carboxylic acids is 2. The second kappa shape index (κ2) is 9.33. The molecule has 2 amide bonds. The summed E-state index contributed by atoms with van der Waals surface area (Å²) in [6, 6.07) is 9.16. The van der Waals surface area contributed by atoms with Crippen LogP contribution in [0, 0.1) is 11.6 Å². The summed E-state index contributed by atoms with van der Waals surface area (Å²) in [5, 5.41) is 11.2.